The standard InChI is InChI=1S/C27H39N3O2/c1-5-9-27(16-32-4)17(2)6-7-19-22(27)8-10-26(3)24(19)20-11-21(20)25(26)23(31)15-30-14-18(12-28)13-29-30/h13-14,17,19-22,24-25H,5-11,15-16H2,1-4H3. The average molecular weight is 438 g/mol. The molecule has 5 nitrogen and oxygen atoms in total. The number of nitrogens with zero attached hydrogens (tertiary/aromatic N) is 3. The molecule has 0 aliphatic heterocycles. The van der Waals surface area contributed by atoms with Gasteiger partial charge in [0.05, 0.1) is 24.9 Å². The molecular formula is C27H39N3O2. The summed E-state index contributed by atoms with van der Waals surface area (Å²) in [4.78, 5) is 13.6. The van der Waals surface area contributed by atoms with Crippen molar-refractivity contribution in [2.45, 2.75) is 72.3 Å². The molecule has 4 fully saturated rings. The van der Waals surface area contributed by atoms with Crippen LogP contribution in [0.2, 0.25) is 0 Å². The van der Waals surface area contributed by atoms with Crippen LogP contribution in [0.25, 0.3) is 0 Å². The molecule has 174 valence electrons. The average Bonchev–Trinajstić information content (AvgIpc) is 3.27. The van der Waals surface area contributed by atoms with Gasteiger partial charge in [0.25, 0.3) is 0 Å². The van der Waals surface area contributed by atoms with Crippen molar-refractivity contribution in [2.24, 2.45) is 52.3 Å². The molecule has 0 N–H and O–H groups in total. The lowest BCUT2D eigenvalue weighted by molar-refractivity contribution is -0.147. The van der Waals surface area contributed by atoms with Crippen LogP contribution in [0.3, 0.4) is 0 Å². The van der Waals surface area contributed by atoms with Crippen LogP contribution in [0.15, 0.2) is 12.4 Å². The summed E-state index contributed by atoms with van der Waals surface area (Å²) < 4.78 is 7.55. The normalized spacial score (nSPS) is 44.3. The molecule has 0 amide bonds. The fourth-order valence-corrected chi connectivity index (χ4v) is 9.33. The van der Waals surface area contributed by atoms with Gasteiger partial charge in [-0.05, 0) is 84.9 Å². The molecule has 0 saturated heterocycles. The Kier molecular flexibility index (Phi) is 5.52. The summed E-state index contributed by atoms with van der Waals surface area (Å²) in [6, 6.07) is 2.12. The van der Waals surface area contributed by atoms with E-state index in [0.29, 0.717) is 35.1 Å². The third-order valence-electron chi connectivity index (χ3n) is 10.4. The molecule has 9 unspecified atom stereocenters. The minimum Gasteiger partial charge on any atom is -0.384 e. The quantitative estimate of drug-likeness (QED) is 0.595. The Labute approximate surface area is 192 Å². The molecule has 0 bridgehead atoms. The monoisotopic (exact) mass is 437 g/mol. The highest BCUT2D eigenvalue weighted by Gasteiger charge is 2.71. The van der Waals surface area contributed by atoms with Crippen molar-refractivity contribution in [1.82, 2.24) is 9.78 Å². The molecule has 4 aliphatic carbocycles. The van der Waals surface area contributed by atoms with E-state index in [0.717, 1.165) is 30.3 Å². The topological polar surface area (TPSA) is 67.9 Å². The lowest BCUT2D eigenvalue weighted by atomic mass is 9.45. The van der Waals surface area contributed by atoms with E-state index in [1.807, 2.05) is 7.11 Å². The van der Waals surface area contributed by atoms with Crippen molar-refractivity contribution in [3.8, 4) is 6.07 Å². The first-order valence-corrected chi connectivity index (χ1v) is 12.8. The van der Waals surface area contributed by atoms with Crippen molar-refractivity contribution in [1.29, 1.82) is 5.26 Å². The zero-order valence-corrected chi connectivity index (χ0v) is 20.2. The zero-order valence-electron chi connectivity index (χ0n) is 20.2. The van der Waals surface area contributed by atoms with Crippen LogP contribution in [0.5, 0.6) is 0 Å². The van der Waals surface area contributed by atoms with E-state index in [-0.39, 0.29) is 11.3 Å². The van der Waals surface area contributed by atoms with Crippen molar-refractivity contribution < 1.29 is 9.53 Å². The number of carbonyl (C=O) groups excluding carboxylic acids is 1. The van der Waals surface area contributed by atoms with Gasteiger partial charge in [-0.25, -0.2) is 0 Å². The summed E-state index contributed by atoms with van der Waals surface area (Å²) in [6.07, 6.45) is 12.0. The molecule has 5 rings (SSSR count). The van der Waals surface area contributed by atoms with Crippen LogP contribution < -0.4 is 0 Å². The van der Waals surface area contributed by atoms with Crippen molar-refractivity contribution >= 4 is 5.78 Å². The van der Waals surface area contributed by atoms with E-state index in [2.05, 4.69) is 31.9 Å². The highest BCUT2D eigenvalue weighted by Crippen LogP contribution is 2.75. The predicted molar refractivity (Wildman–Crippen MR) is 122 cm³/mol. The summed E-state index contributed by atoms with van der Waals surface area (Å²) in [5.74, 6) is 4.71. The maximum absolute atomic E-state index is 13.6. The SMILES string of the molecule is CCCC1(COC)C(C)CCC2C3C4CC4C(C(=O)Cn4cc(C#N)cn4)C3(C)CCC21. The molecule has 0 aromatic carbocycles. The van der Waals surface area contributed by atoms with Gasteiger partial charge < -0.3 is 4.74 Å². The van der Waals surface area contributed by atoms with Gasteiger partial charge in [-0.15, -0.1) is 0 Å². The summed E-state index contributed by atoms with van der Waals surface area (Å²) in [5.41, 5.74) is 0.964. The van der Waals surface area contributed by atoms with Crippen LogP contribution in [0, 0.1) is 63.6 Å². The van der Waals surface area contributed by atoms with E-state index in [1.54, 1.807) is 17.1 Å². The number of hydrogen-bond donors (Lipinski definition) is 0. The molecule has 4 saturated carbocycles. The molecule has 5 heteroatoms. The third kappa shape index (κ3) is 3.12. The molecule has 9 atom stereocenters. The molecule has 0 radical (unpaired) electrons. The number of methoxy groups -OCH3 is 1. The fraction of sp³-hybridized carbons (Fsp3) is 0.815. The zero-order chi connectivity index (χ0) is 22.7. The summed E-state index contributed by atoms with van der Waals surface area (Å²) in [7, 11) is 1.88. The number of fused-ring (bicyclic) bond motifs is 5. The first-order chi connectivity index (χ1) is 15.4. The fourth-order valence-electron chi connectivity index (χ4n) is 9.33. The Balaban J connectivity index is 1.41. The Morgan fingerprint density at radius 2 is 2.12 bits per heavy atom. The Hall–Kier alpha value is -1.67. The number of ketones is 1. The van der Waals surface area contributed by atoms with Crippen molar-refractivity contribution in [3.05, 3.63) is 18.0 Å². The van der Waals surface area contributed by atoms with Gasteiger partial charge in [-0.2, -0.15) is 10.4 Å². The molecular weight excluding hydrogens is 398 g/mol. The Bertz CT molecular complexity index is 910. The van der Waals surface area contributed by atoms with Crippen LogP contribution in [0.4, 0.5) is 0 Å². The van der Waals surface area contributed by atoms with E-state index < -0.39 is 0 Å². The predicted octanol–water partition coefficient (Wildman–Crippen LogP) is 5.10. The van der Waals surface area contributed by atoms with Gasteiger partial charge in [0.1, 0.15) is 6.07 Å². The number of nitriles is 1. The number of hydrogen-bond acceptors (Lipinski definition) is 4. The number of ether oxygens (including phenoxy) is 1. The molecule has 1 aromatic rings. The number of rotatable bonds is 7. The lowest BCUT2D eigenvalue weighted by Crippen LogP contribution is -2.55. The Morgan fingerprint density at radius 3 is 2.81 bits per heavy atom. The van der Waals surface area contributed by atoms with Gasteiger partial charge in [-0.1, -0.05) is 27.2 Å². The van der Waals surface area contributed by atoms with Gasteiger partial charge in [0.2, 0.25) is 0 Å². The third-order valence-corrected chi connectivity index (χ3v) is 10.4. The minimum atomic E-state index is 0.128. The second kappa shape index (κ2) is 7.97. The van der Waals surface area contributed by atoms with Crippen LogP contribution in [-0.4, -0.2) is 29.3 Å². The smallest absolute Gasteiger partial charge is 0.158 e. The molecule has 4 aliphatic rings. The first-order valence-electron chi connectivity index (χ1n) is 12.8. The van der Waals surface area contributed by atoms with E-state index in [1.165, 1.54) is 44.9 Å². The van der Waals surface area contributed by atoms with E-state index in [9.17, 15) is 4.79 Å². The van der Waals surface area contributed by atoms with Gasteiger partial charge in [0, 0.05) is 19.2 Å². The van der Waals surface area contributed by atoms with Gasteiger partial charge in [-0.3, -0.25) is 9.48 Å². The first kappa shape index (κ1) is 22.1. The largest absolute Gasteiger partial charge is 0.384 e. The molecule has 1 heterocycles. The minimum absolute atomic E-state index is 0.128. The maximum atomic E-state index is 13.6. The summed E-state index contributed by atoms with van der Waals surface area (Å²) in [6.45, 7) is 8.45. The second-order valence-electron chi connectivity index (χ2n) is 11.8. The number of Topliss-reactive ketones (excluding diaryl/α,β-unsaturated/α-hetero) is 1. The van der Waals surface area contributed by atoms with Crippen molar-refractivity contribution in [3.63, 3.8) is 0 Å². The number of aromatic nitrogens is 2. The Morgan fingerprint density at radius 1 is 1.31 bits per heavy atom. The second-order valence-corrected chi connectivity index (χ2v) is 11.8. The molecule has 0 spiro atoms. The highest BCUT2D eigenvalue weighted by molar-refractivity contribution is 5.83. The summed E-state index contributed by atoms with van der Waals surface area (Å²) >= 11 is 0. The number of carbonyl (C=O) groups is 1. The van der Waals surface area contributed by atoms with E-state index >= 15 is 0 Å². The highest BCUT2D eigenvalue weighted by atomic mass is 16.5. The van der Waals surface area contributed by atoms with Crippen LogP contribution in [-0.2, 0) is 16.1 Å². The van der Waals surface area contributed by atoms with E-state index in [4.69, 9.17) is 10.00 Å². The molecule has 1 aromatic heterocycles. The van der Waals surface area contributed by atoms with Crippen LogP contribution >= 0.6 is 0 Å². The van der Waals surface area contributed by atoms with Gasteiger partial charge in [0.15, 0.2) is 5.78 Å². The lowest BCUT2D eigenvalue weighted by Gasteiger charge is -2.60. The summed E-state index contributed by atoms with van der Waals surface area (Å²) in [5, 5.41) is 13.3. The van der Waals surface area contributed by atoms with Crippen molar-refractivity contribution in [2.75, 3.05) is 13.7 Å². The molecule has 32 heavy (non-hydrogen) atoms. The maximum Gasteiger partial charge on any atom is 0.158 e. The van der Waals surface area contributed by atoms with Gasteiger partial charge >= 0.3 is 0 Å². The van der Waals surface area contributed by atoms with Crippen LogP contribution in [0.1, 0.15) is 71.3 Å².